The number of benzene rings is 3. The Bertz CT molecular complexity index is 1240. The Hall–Kier alpha value is -3.17. The molecule has 29 heavy (non-hydrogen) atoms. The van der Waals surface area contributed by atoms with Crippen LogP contribution in [0.4, 0.5) is 0 Å². The van der Waals surface area contributed by atoms with Crippen molar-refractivity contribution >= 4 is 28.3 Å². The van der Waals surface area contributed by atoms with Crippen LogP contribution < -0.4 is 9.47 Å². The third kappa shape index (κ3) is 3.08. The molecular weight excluding hydrogens is 382 g/mol. The summed E-state index contributed by atoms with van der Waals surface area (Å²) >= 11 is 6.35. The Kier molecular flexibility index (Phi) is 4.33. The number of aryl methyl sites for hydroxylation is 1. The molecule has 4 aromatic rings. The minimum Gasteiger partial charge on any atom is -0.497 e. The number of aromatic amines is 1. The Morgan fingerprint density at radius 3 is 2.59 bits per heavy atom. The van der Waals surface area contributed by atoms with Gasteiger partial charge in [-0.25, -0.2) is 0 Å². The predicted molar refractivity (Wildman–Crippen MR) is 118 cm³/mol. The van der Waals surface area contributed by atoms with Gasteiger partial charge in [0.05, 0.1) is 7.11 Å². The molecule has 1 aliphatic rings. The molecule has 0 saturated carbocycles. The fourth-order valence-electron chi connectivity index (χ4n) is 4.10. The van der Waals surface area contributed by atoms with Gasteiger partial charge in [-0.05, 0) is 67.1 Å². The van der Waals surface area contributed by atoms with E-state index in [1.807, 2.05) is 42.5 Å². The summed E-state index contributed by atoms with van der Waals surface area (Å²) in [5, 5.41) is 1.92. The van der Waals surface area contributed by atoms with Gasteiger partial charge in [-0.2, -0.15) is 0 Å². The lowest BCUT2D eigenvalue weighted by atomic mass is 9.86. The highest BCUT2D eigenvalue weighted by atomic mass is 35.5. The lowest BCUT2D eigenvalue weighted by Gasteiger charge is -2.26. The minimum atomic E-state index is 0.0331. The first-order valence-corrected chi connectivity index (χ1v) is 9.92. The zero-order valence-corrected chi connectivity index (χ0v) is 17.0. The van der Waals surface area contributed by atoms with E-state index in [4.69, 9.17) is 21.1 Å². The quantitative estimate of drug-likeness (QED) is 0.414. The normalized spacial score (nSPS) is 15.6. The van der Waals surface area contributed by atoms with Crippen LogP contribution in [0.15, 0.2) is 72.8 Å². The maximum atomic E-state index is 6.35. The fourth-order valence-corrected chi connectivity index (χ4v) is 4.28. The van der Waals surface area contributed by atoms with Gasteiger partial charge in [0.2, 0.25) is 0 Å². The maximum absolute atomic E-state index is 6.35. The molecule has 3 aromatic carbocycles. The topological polar surface area (TPSA) is 34.2 Å². The Morgan fingerprint density at radius 1 is 1.00 bits per heavy atom. The fraction of sp³-hybridized carbons (Fsp3) is 0.120. The summed E-state index contributed by atoms with van der Waals surface area (Å²) in [5.74, 6) is 2.52. The Morgan fingerprint density at radius 2 is 1.79 bits per heavy atom. The Labute approximate surface area is 174 Å². The van der Waals surface area contributed by atoms with E-state index in [2.05, 4.69) is 42.2 Å². The second kappa shape index (κ2) is 7.02. The predicted octanol–water partition coefficient (Wildman–Crippen LogP) is 6.70. The van der Waals surface area contributed by atoms with Gasteiger partial charge in [-0.1, -0.05) is 29.8 Å². The van der Waals surface area contributed by atoms with Crippen molar-refractivity contribution in [2.24, 2.45) is 0 Å². The number of ether oxygens (including phenoxy) is 2. The van der Waals surface area contributed by atoms with Crippen LogP contribution in [0.5, 0.6) is 11.5 Å². The summed E-state index contributed by atoms with van der Waals surface area (Å²) in [4.78, 5) is 3.52. The summed E-state index contributed by atoms with van der Waals surface area (Å²) in [6.45, 7) is 2.12. The first-order chi connectivity index (χ1) is 14.1. The molecule has 0 amide bonds. The van der Waals surface area contributed by atoms with Crippen molar-refractivity contribution in [3.63, 3.8) is 0 Å². The summed E-state index contributed by atoms with van der Waals surface area (Å²) in [5.41, 5.74) is 5.61. The van der Waals surface area contributed by atoms with Crippen molar-refractivity contribution in [2.75, 3.05) is 7.11 Å². The molecule has 0 spiro atoms. The monoisotopic (exact) mass is 401 g/mol. The average molecular weight is 402 g/mol. The van der Waals surface area contributed by atoms with E-state index >= 15 is 0 Å². The standard InChI is InChI=1S/C25H20ClNO2/c1-15-25(19-5-3-4-6-22(19)27-15)21-14-24(16-7-10-18(28-2)11-8-16)29-23-12-9-17(26)13-20(21)23/h3-14,21,27H,1-2H3. The number of H-pyrrole nitrogens is 1. The van der Waals surface area contributed by atoms with Gasteiger partial charge in [0.25, 0.3) is 0 Å². The van der Waals surface area contributed by atoms with E-state index < -0.39 is 0 Å². The van der Waals surface area contributed by atoms with Crippen molar-refractivity contribution in [3.8, 4) is 11.5 Å². The third-order valence-electron chi connectivity index (χ3n) is 5.47. The van der Waals surface area contributed by atoms with Crippen LogP contribution in [0.1, 0.15) is 28.3 Å². The summed E-state index contributed by atoms with van der Waals surface area (Å²) < 4.78 is 11.6. The van der Waals surface area contributed by atoms with Crippen molar-refractivity contribution < 1.29 is 9.47 Å². The number of aromatic nitrogens is 1. The van der Waals surface area contributed by atoms with Gasteiger partial charge in [0, 0.05) is 38.7 Å². The second-order valence-corrected chi connectivity index (χ2v) is 7.67. The van der Waals surface area contributed by atoms with Crippen molar-refractivity contribution in [1.29, 1.82) is 0 Å². The zero-order valence-electron chi connectivity index (χ0n) is 16.2. The molecule has 1 N–H and O–H groups in total. The van der Waals surface area contributed by atoms with E-state index in [9.17, 15) is 0 Å². The third-order valence-corrected chi connectivity index (χ3v) is 5.71. The summed E-state index contributed by atoms with van der Waals surface area (Å²) in [6.07, 6.45) is 2.18. The van der Waals surface area contributed by atoms with Gasteiger partial charge in [0.1, 0.15) is 17.3 Å². The highest BCUT2D eigenvalue weighted by Crippen LogP contribution is 2.45. The number of methoxy groups -OCH3 is 1. The van der Waals surface area contributed by atoms with Crippen molar-refractivity contribution in [3.05, 3.63) is 100 Å². The molecule has 0 saturated heterocycles. The van der Waals surface area contributed by atoms with E-state index in [0.29, 0.717) is 5.02 Å². The molecule has 144 valence electrons. The average Bonchev–Trinajstić information content (AvgIpc) is 3.08. The molecule has 0 radical (unpaired) electrons. The van der Waals surface area contributed by atoms with Crippen LogP contribution in [0.2, 0.25) is 5.02 Å². The lowest BCUT2D eigenvalue weighted by molar-refractivity contribution is 0.414. The van der Waals surface area contributed by atoms with Crippen molar-refractivity contribution in [1.82, 2.24) is 4.98 Å². The highest BCUT2D eigenvalue weighted by Gasteiger charge is 2.27. The lowest BCUT2D eigenvalue weighted by Crippen LogP contribution is -2.11. The largest absolute Gasteiger partial charge is 0.497 e. The van der Waals surface area contributed by atoms with Gasteiger partial charge < -0.3 is 14.5 Å². The smallest absolute Gasteiger partial charge is 0.131 e. The number of rotatable bonds is 3. The number of nitrogens with one attached hydrogen (secondary N) is 1. The van der Waals surface area contributed by atoms with Crippen LogP contribution >= 0.6 is 11.6 Å². The SMILES string of the molecule is COc1ccc(C2=CC(c3c(C)[nH]c4ccccc34)c3cc(Cl)ccc3O2)cc1. The second-order valence-electron chi connectivity index (χ2n) is 7.23. The first kappa shape index (κ1) is 17.9. The van der Waals surface area contributed by atoms with Crippen LogP contribution in [-0.4, -0.2) is 12.1 Å². The minimum absolute atomic E-state index is 0.0331. The van der Waals surface area contributed by atoms with Crippen molar-refractivity contribution in [2.45, 2.75) is 12.8 Å². The molecule has 0 fully saturated rings. The zero-order chi connectivity index (χ0) is 20.0. The van der Waals surface area contributed by atoms with E-state index in [0.717, 1.165) is 39.6 Å². The van der Waals surface area contributed by atoms with E-state index in [1.54, 1.807) is 7.11 Å². The molecule has 1 unspecified atom stereocenters. The Balaban J connectivity index is 1.71. The molecule has 1 aromatic heterocycles. The van der Waals surface area contributed by atoms with Gasteiger partial charge >= 0.3 is 0 Å². The molecule has 2 heterocycles. The van der Waals surface area contributed by atoms with Gasteiger partial charge in [-0.15, -0.1) is 0 Å². The van der Waals surface area contributed by atoms with Gasteiger partial charge in [0.15, 0.2) is 0 Å². The maximum Gasteiger partial charge on any atom is 0.131 e. The molecule has 0 aliphatic carbocycles. The van der Waals surface area contributed by atoms with E-state index in [1.165, 1.54) is 10.9 Å². The molecule has 1 aliphatic heterocycles. The molecule has 0 bridgehead atoms. The number of allylic oxidation sites excluding steroid dienone is 1. The van der Waals surface area contributed by atoms with Crippen LogP contribution in [0.25, 0.3) is 16.7 Å². The number of fused-ring (bicyclic) bond motifs is 2. The van der Waals surface area contributed by atoms with Gasteiger partial charge in [-0.3, -0.25) is 0 Å². The molecule has 4 heteroatoms. The number of para-hydroxylation sites is 1. The summed E-state index contributed by atoms with van der Waals surface area (Å²) in [6, 6.07) is 22.2. The molecule has 3 nitrogen and oxygen atoms in total. The molecule has 5 rings (SSSR count). The number of halogens is 1. The van der Waals surface area contributed by atoms with Crippen LogP contribution in [0.3, 0.4) is 0 Å². The van der Waals surface area contributed by atoms with Crippen LogP contribution in [0, 0.1) is 6.92 Å². The summed E-state index contributed by atoms with van der Waals surface area (Å²) in [7, 11) is 1.67. The highest BCUT2D eigenvalue weighted by molar-refractivity contribution is 6.30. The van der Waals surface area contributed by atoms with Crippen LogP contribution in [-0.2, 0) is 0 Å². The first-order valence-electron chi connectivity index (χ1n) is 9.55. The van der Waals surface area contributed by atoms with E-state index in [-0.39, 0.29) is 5.92 Å². The molecular formula is C25H20ClNO2. The number of hydrogen-bond donors (Lipinski definition) is 1. The number of hydrogen-bond acceptors (Lipinski definition) is 2. The molecule has 1 atom stereocenters.